The van der Waals surface area contributed by atoms with Gasteiger partial charge in [0, 0.05) is 44.0 Å². The Kier molecular flexibility index (Phi) is 8.61. The fourth-order valence-corrected chi connectivity index (χ4v) is 8.16. The first kappa shape index (κ1) is 32.2. The minimum Gasteiger partial charge on any atom is -0.455 e. The summed E-state index contributed by atoms with van der Waals surface area (Å²) >= 11 is 1.77. The second-order valence-corrected chi connectivity index (χ2v) is 13.9. The first-order valence-electron chi connectivity index (χ1n) is 17.8. The van der Waals surface area contributed by atoms with Gasteiger partial charge in [-0.1, -0.05) is 152 Å². The van der Waals surface area contributed by atoms with Crippen molar-refractivity contribution in [3.8, 4) is 11.1 Å². The maximum atomic E-state index is 6.74. The van der Waals surface area contributed by atoms with Crippen molar-refractivity contribution in [3.63, 3.8) is 0 Å². The highest BCUT2D eigenvalue weighted by molar-refractivity contribution is 7.17. The number of furan rings is 1. The number of nitrogens with zero attached hydrogens (tertiary/aromatic N) is 1. The minimum absolute atomic E-state index is 0.862. The van der Waals surface area contributed by atoms with Crippen molar-refractivity contribution in [2.24, 2.45) is 0 Å². The third kappa shape index (κ3) is 6.18. The van der Waals surface area contributed by atoms with Gasteiger partial charge in [0.15, 0.2) is 0 Å². The monoisotopic (exact) mass is 697 g/mol. The number of benzene rings is 7. The molecule has 0 saturated heterocycles. The lowest BCUT2D eigenvalue weighted by Gasteiger charge is -2.23. The highest BCUT2D eigenvalue weighted by atomic mass is 32.1. The highest BCUT2D eigenvalue weighted by Gasteiger charge is 2.15. The van der Waals surface area contributed by atoms with Crippen LogP contribution in [0.25, 0.3) is 76.8 Å². The van der Waals surface area contributed by atoms with E-state index in [9.17, 15) is 0 Å². The predicted molar refractivity (Wildman–Crippen MR) is 230 cm³/mol. The Hall–Kier alpha value is -6.68. The number of rotatable bonds is 9. The van der Waals surface area contributed by atoms with Crippen LogP contribution < -0.4 is 4.90 Å². The van der Waals surface area contributed by atoms with Crippen LogP contribution in [0.2, 0.25) is 0 Å². The number of thiophene rings is 1. The molecule has 0 aliphatic rings. The average Bonchev–Trinajstić information content (AvgIpc) is 3.82. The van der Waals surface area contributed by atoms with E-state index in [1.807, 2.05) is 12.2 Å². The van der Waals surface area contributed by atoms with E-state index in [1.165, 1.54) is 32.0 Å². The van der Waals surface area contributed by atoms with E-state index in [0.717, 1.165) is 55.2 Å². The van der Waals surface area contributed by atoms with Gasteiger partial charge in [-0.25, -0.2) is 0 Å². The molecule has 0 bridgehead atoms. The third-order valence-corrected chi connectivity index (χ3v) is 10.7. The summed E-state index contributed by atoms with van der Waals surface area (Å²) in [6.45, 7) is 4.01. The summed E-state index contributed by atoms with van der Waals surface area (Å²) in [6, 6.07) is 51.5. The van der Waals surface area contributed by atoms with Gasteiger partial charge in [-0.05, 0) is 86.1 Å². The lowest BCUT2D eigenvalue weighted by Crippen LogP contribution is -2.14. The van der Waals surface area contributed by atoms with Crippen molar-refractivity contribution in [3.05, 3.63) is 211 Å². The molecular formula is C50H35NOS. The number of fused-ring (bicyclic) bond motifs is 7. The zero-order valence-electron chi connectivity index (χ0n) is 29.0. The van der Waals surface area contributed by atoms with Crippen LogP contribution in [0, 0.1) is 0 Å². The summed E-state index contributed by atoms with van der Waals surface area (Å²) in [7, 11) is 0. The molecule has 0 amide bonds. The molecule has 0 atom stereocenters. The summed E-state index contributed by atoms with van der Waals surface area (Å²) in [4.78, 5) is 2.24. The molecule has 0 unspecified atom stereocenters. The van der Waals surface area contributed by atoms with Crippen molar-refractivity contribution in [2.45, 2.75) is 0 Å². The zero-order chi connectivity index (χ0) is 35.6. The second-order valence-electron chi connectivity index (χ2n) is 13.0. The van der Waals surface area contributed by atoms with Crippen LogP contribution in [0.15, 0.2) is 204 Å². The predicted octanol–water partition coefficient (Wildman–Crippen LogP) is 14.6. The third-order valence-electron chi connectivity index (χ3n) is 9.76. The Balaban J connectivity index is 1.20. The molecule has 0 saturated carbocycles. The number of hydrogen-bond acceptors (Lipinski definition) is 3. The molecule has 252 valence electrons. The van der Waals surface area contributed by atoms with Crippen molar-refractivity contribution in [1.29, 1.82) is 0 Å². The Labute approximate surface area is 312 Å². The molecule has 2 nitrogen and oxygen atoms in total. The quantitative estimate of drug-likeness (QED) is 0.140. The lowest BCUT2D eigenvalue weighted by atomic mass is 9.98. The van der Waals surface area contributed by atoms with Gasteiger partial charge in [0.05, 0.1) is 0 Å². The molecule has 2 heterocycles. The van der Waals surface area contributed by atoms with E-state index in [-0.39, 0.29) is 0 Å². The maximum absolute atomic E-state index is 6.74. The zero-order valence-corrected chi connectivity index (χ0v) is 29.8. The standard InChI is InChI=1S/C50H35NOS/c1-2-3-21-40(33-38-20-14-27-46-47-30-29-36-16-5-7-25-45(36)50(47)52-49(38)46)51(31-11-10-17-39-34-53-48-28-9-8-24-44(39)48)41-22-12-19-37(32-41)43-26-13-18-35-15-4-6-23-42(35)43/h2-34H,1H2/b17-10-,21-3-,31-11+,40-33-. The van der Waals surface area contributed by atoms with Crippen LogP contribution >= 0.6 is 11.3 Å². The minimum atomic E-state index is 0.862. The van der Waals surface area contributed by atoms with E-state index >= 15 is 0 Å². The van der Waals surface area contributed by atoms with Gasteiger partial charge in [0.25, 0.3) is 0 Å². The highest BCUT2D eigenvalue weighted by Crippen LogP contribution is 2.37. The van der Waals surface area contributed by atoms with Crippen molar-refractivity contribution < 1.29 is 4.42 Å². The van der Waals surface area contributed by atoms with Crippen LogP contribution in [0.1, 0.15) is 11.1 Å². The number of hydrogen-bond donors (Lipinski definition) is 0. The van der Waals surface area contributed by atoms with Crippen LogP contribution in [0.5, 0.6) is 0 Å². The molecular weight excluding hydrogens is 663 g/mol. The summed E-state index contributed by atoms with van der Waals surface area (Å²) in [5.74, 6) is 0. The number of para-hydroxylation sites is 1. The van der Waals surface area contributed by atoms with E-state index in [2.05, 4.69) is 199 Å². The van der Waals surface area contributed by atoms with E-state index in [1.54, 1.807) is 11.3 Å². The van der Waals surface area contributed by atoms with Crippen LogP contribution in [-0.4, -0.2) is 0 Å². The van der Waals surface area contributed by atoms with Crippen LogP contribution in [0.3, 0.4) is 0 Å². The molecule has 2 aromatic heterocycles. The van der Waals surface area contributed by atoms with Gasteiger partial charge < -0.3 is 9.32 Å². The van der Waals surface area contributed by atoms with Gasteiger partial charge in [0.2, 0.25) is 0 Å². The van der Waals surface area contributed by atoms with Gasteiger partial charge in [0.1, 0.15) is 11.2 Å². The van der Waals surface area contributed by atoms with E-state index < -0.39 is 0 Å². The SMILES string of the molecule is C=C/C=C\C(=C\c1cccc2c1oc1c3ccccc3ccc21)N(/C=C/C=C\c1csc2ccccc12)c1cccc(-c2cccc3ccccc23)c1. The molecule has 3 heteroatoms. The van der Waals surface area contributed by atoms with Gasteiger partial charge >= 0.3 is 0 Å². The first-order valence-corrected chi connectivity index (χ1v) is 18.7. The van der Waals surface area contributed by atoms with Crippen LogP contribution in [-0.2, 0) is 0 Å². The smallest absolute Gasteiger partial charge is 0.143 e. The Morgan fingerprint density at radius 2 is 1.30 bits per heavy atom. The van der Waals surface area contributed by atoms with E-state index in [0.29, 0.717) is 0 Å². The molecule has 0 aliphatic heterocycles. The van der Waals surface area contributed by atoms with Gasteiger partial charge in [-0.2, -0.15) is 0 Å². The van der Waals surface area contributed by atoms with Crippen molar-refractivity contribution in [2.75, 3.05) is 4.90 Å². The second kappa shape index (κ2) is 14.1. The van der Waals surface area contributed by atoms with E-state index in [4.69, 9.17) is 4.42 Å². The molecule has 7 aromatic carbocycles. The summed E-state index contributed by atoms with van der Waals surface area (Å²) < 4.78 is 8.03. The molecule has 0 fully saturated rings. The normalized spacial score (nSPS) is 12.5. The molecule has 9 aromatic rings. The summed E-state index contributed by atoms with van der Waals surface area (Å²) in [6.07, 6.45) is 16.7. The fraction of sp³-hybridized carbons (Fsp3) is 0. The topological polar surface area (TPSA) is 16.4 Å². The first-order chi connectivity index (χ1) is 26.2. The summed E-state index contributed by atoms with van der Waals surface area (Å²) in [5, 5.41) is 10.4. The fourth-order valence-electron chi connectivity index (χ4n) is 7.23. The molecule has 0 radical (unpaired) electrons. The summed E-state index contributed by atoms with van der Waals surface area (Å²) in [5.41, 5.74) is 8.32. The Morgan fingerprint density at radius 1 is 0.585 bits per heavy atom. The maximum Gasteiger partial charge on any atom is 0.143 e. The molecule has 0 N–H and O–H groups in total. The largest absolute Gasteiger partial charge is 0.455 e. The van der Waals surface area contributed by atoms with Gasteiger partial charge in [-0.3, -0.25) is 0 Å². The van der Waals surface area contributed by atoms with Crippen molar-refractivity contribution in [1.82, 2.24) is 0 Å². The van der Waals surface area contributed by atoms with Gasteiger partial charge in [-0.15, -0.1) is 11.3 Å². The lowest BCUT2D eigenvalue weighted by molar-refractivity contribution is 0.671. The molecule has 53 heavy (non-hydrogen) atoms. The van der Waals surface area contributed by atoms with Crippen LogP contribution in [0.4, 0.5) is 5.69 Å². The Bertz CT molecular complexity index is 2930. The molecule has 0 spiro atoms. The van der Waals surface area contributed by atoms with Crippen molar-refractivity contribution >= 4 is 82.7 Å². The number of allylic oxidation sites excluding steroid dienone is 5. The molecule has 9 rings (SSSR count). The Morgan fingerprint density at radius 3 is 2.19 bits per heavy atom. The average molecular weight is 698 g/mol. The molecule has 0 aliphatic carbocycles. The number of anilines is 1.